The van der Waals surface area contributed by atoms with Crippen molar-refractivity contribution in [2.45, 2.75) is 140 Å². The molecule has 3 heterocycles. The Morgan fingerprint density at radius 1 is 0.600 bits per heavy atom. The van der Waals surface area contributed by atoms with E-state index in [9.17, 15) is 9.59 Å². The molecule has 8 unspecified atom stereocenters. The lowest BCUT2D eigenvalue weighted by Gasteiger charge is -2.26. The van der Waals surface area contributed by atoms with Crippen LogP contribution in [-0.2, 0) is 33.3 Å². The van der Waals surface area contributed by atoms with Crippen LogP contribution in [0.5, 0.6) is 0 Å². The smallest absolute Gasteiger partial charge is 0.309 e. The maximum absolute atomic E-state index is 12.8. The molecule has 0 bridgehead atoms. The van der Waals surface area contributed by atoms with E-state index in [0.717, 1.165) is 51.4 Å². The molecule has 0 N–H and O–H groups in total. The van der Waals surface area contributed by atoms with E-state index in [-0.39, 0.29) is 24.1 Å². The zero-order valence-electron chi connectivity index (χ0n) is 21.8. The van der Waals surface area contributed by atoms with Crippen LogP contribution in [0.4, 0.5) is 0 Å². The number of epoxide rings is 3. The average Bonchev–Trinajstić information content (AvgIpc) is 3.77. The van der Waals surface area contributed by atoms with E-state index >= 15 is 0 Å². The quantitative estimate of drug-likeness (QED) is 0.148. The predicted molar refractivity (Wildman–Crippen MR) is 131 cm³/mol. The number of fused-ring (bicyclic) bond motifs is 1. The van der Waals surface area contributed by atoms with Crippen LogP contribution in [0.25, 0.3) is 0 Å². The summed E-state index contributed by atoms with van der Waals surface area (Å²) in [7, 11) is 0. The first-order chi connectivity index (χ1) is 17.0. The summed E-state index contributed by atoms with van der Waals surface area (Å²) in [5, 5.41) is 0. The first kappa shape index (κ1) is 26.9. The van der Waals surface area contributed by atoms with Gasteiger partial charge in [-0.15, -0.1) is 0 Å². The Morgan fingerprint density at radius 3 is 1.37 bits per heavy atom. The van der Waals surface area contributed by atoms with Gasteiger partial charge in [0.05, 0.1) is 61.7 Å². The highest BCUT2D eigenvalue weighted by Gasteiger charge is 2.53. The van der Waals surface area contributed by atoms with Gasteiger partial charge in [-0.25, -0.2) is 0 Å². The summed E-state index contributed by atoms with van der Waals surface area (Å²) in [5.41, 5.74) is 0. The largest absolute Gasteiger partial charge is 0.465 e. The van der Waals surface area contributed by atoms with Gasteiger partial charge in [-0.1, -0.05) is 51.4 Å². The maximum Gasteiger partial charge on any atom is 0.309 e. The second kappa shape index (κ2) is 13.4. The monoisotopic (exact) mass is 494 g/mol. The van der Waals surface area contributed by atoms with Gasteiger partial charge in [-0.2, -0.15) is 0 Å². The number of carbonyl (C=O) groups is 2. The number of hydrogen-bond donors (Lipinski definition) is 0. The number of carbonyl (C=O) groups excluding carboxylic acids is 2. The van der Waals surface area contributed by atoms with Gasteiger partial charge in [0.2, 0.25) is 0 Å². The molecule has 7 nitrogen and oxygen atoms in total. The summed E-state index contributed by atoms with van der Waals surface area (Å²) < 4.78 is 27.6. The lowest BCUT2D eigenvalue weighted by molar-refractivity contribution is -0.162. The number of esters is 2. The van der Waals surface area contributed by atoms with Gasteiger partial charge in [-0.3, -0.25) is 9.59 Å². The molecule has 0 amide bonds. The third-order valence-electron chi connectivity index (χ3n) is 8.18. The summed E-state index contributed by atoms with van der Waals surface area (Å²) in [6, 6.07) is 0. The molecule has 0 aromatic carbocycles. The second-order valence-corrected chi connectivity index (χ2v) is 11.1. The average molecular weight is 495 g/mol. The minimum atomic E-state index is -0.432. The van der Waals surface area contributed by atoms with Crippen LogP contribution >= 0.6 is 0 Å². The highest BCUT2D eigenvalue weighted by atomic mass is 16.6. The SMILES string of the molecule is CC1OC1CCCCCCCOC(=O)C1CC2OC2CC1C(=O)OCCCCCCCC1OC1C. The van der Waals surface area contributed by atoms with Crippen LogP contribution in [-0.4, -0.2) is 61.8 Å². The molecule has 200 valence electrons. The molecule has 0 aromatic heterocycles. The van der Waals surface area contributed by atoms with E-state index in [2.05, 4.69) is 13.8 Å². The minimum absolute atomic E-state index is 0.110. The molecule has 1 aliphatic carbocycles. The summed E-state index contributed by atoms with van der Waals surface area (Å²) in [5.74, 6) is -1.37. The standard InChI is InChI=1S/C28H46O7/c1-19-23(33-19)13-9-5-3-7-11-15-31-27(29)21-17-25-26(35-25)18-22(21)28(30)32-16-12-8-4-6-10-14-24-20(2)34-24/h19-26H,3-18H2,1-2H3. The zero-order valence-corrected chi connectivity index (χ0v) is 21.8. The Morgan fingerprint density at radius 2 is 0.971 bits per heavy atom. The summed E-state index contributed by atoms with van der Waals surface area (Å²) >= 11 is 0. The Kier molecular flexibility index (Phi) is 10.3. The van der Waals surface area contributed by atoms with Crippen molar-refractivity contribution in [1.82, 2.24) is 0 Å². The van der Waals surface area contributed by atoms with Crippen LogP contribution in [0.2, 0.25) is 0 Å². The molecular weight excluding hydrogens is 448 g/mol. The van der Waals surface area contributed by atoms with Crippen molar-refractivity contribution in [2.24, 2.45) is 11.8 Å². The highest BCUT2D eigenvalue weighted by Crippen LogP contribution is 2.44. The van der Waals surface area contributed by atoms with E-state index in [1.165, 1.54) is 25.7 Å². The molecule has 0 radical (unpaired) electrons. The van der Waals surface area contributed by atoms with Gasteiger partial charge >= 0.3 is 11.9 Å². The molecular formula is C28H46O7. The van der Waals surface area contributed by atoms with Gasteiger partial charge in [0, 0.05) is 0 Å². The van der Waals surface area contributed by atoms with Crippen molar-refractivity contribution >= 4 is 11.9 Å². The van der Waals surface area contributed by atoms with Gasteiger partial charge in [0.15, 0.2) is 0 Å². The summed E-state index contributed by atoms with van der Waals surface area (Å²) in [4.78, 5) is 25.5. The lowest BCUT2D eigenvalue weighted by atomic mass is 9.79. The van der Waals surface area contributed by atoms with Crippen LogP contribution in [0.15, 0.2) is 0 Å². The van der Waals surface area contributed by atoms with Crippen molar-refractivity contribution in [2.75, 3.05) is 13.2 Å². The normalized spacial score (nSPS) is 34.7. The Hall–Kier alpha value is -1.18. The van der Waals surface area contributed by atoms with Crippen molar-refractivity contribution in [3.8, 4) is 0 Å². The zero-order chi connectivity index (χ0) is 24.6. The Labute approximate surface area is 210 Å². The van der Waals surface area contributed by atoms with Gasteiger partial charge in [0.25, 0.3) is 0 Å². The van der Waals surface area contributed by atoms with E-state index in [4.69, 9.17) is 23.7 Å². The van der Waals surface area contributed by atoms with Crippen molar-refractivity contribution in [3.63, 3.8) is 0 Å². The number of hydrogen-bond acceptors (Lipinski definition) is 7. The van der Waals surface area contributed by atoms with Crippen molar-refractivity contribution in [3.05, 3.63) is 0 Å². The van der Waals surface area contributed by atoms with Gasteiger partial charge in [-0.05, 0) is 52.4 Å². The van der Waals surface area contributed by atoms with E-state index in [1.807, 2.05) is 0 Å². The molecule has 8 atom stereocenters. The molecule has 4 rings (SSSR count). The Bertz CT molecular complexity index is 626. The molecule has 4 fully saturated rings. The fourth-order valence-corrected chi connectivity index (χ4v) is 5.53. The minimum Gasteiger partial charge on any atom is -0.465 e. The van der Waals surface area contributed by atoms with Gasteiger partial charge < -0.3 is 23.7 Å². The van der Waals surface area contributed by atoms with Crippen LogP contribution < -0.4 is 0 Å². The molecule has 3 saturated heterocycles. The van der Waals surface area contributed by atoms with E-state index < -0.39 is 11.8 Å². The van der Waals surface area contributed by atoms with Crippen LogP contribution in [0.1, 0.15) is 104 Å². The molecule has 3 aliphatic heterocycles. The predicted octanol–water partition coefficient (Wildman–Crippen LogP) is 5.12. The number of ether oxygens (including phenoxy) is 5. The second-order valence-electron chi connectivity index (χ2n) is 11.1. The highest BCUT2D eigenvalue weighted by molar-refractivity contribution is 5.82. The molecule has 35 heavy (non-hydrogen) atoms. The maximum atomic E-state index is 12.8. The van der Waals surface area contributed by atoms with Gasteiger partial charge in [0.1, 0.15) is 0 Å². The third-order valence-corrected chi connectivity index (χ3v) is 8.18. The Balaban J connectivity index is 1.03. The number of unbranched alkanes of at least 4 members (excludes halogenated alkanes) is 8. The fourth-order valence-electron chi connectivity index (χ4n) is 5.53. The molecule has 7 heteroatoms. The molecule has 1 saturated carbocycles. The van der Waals surface area contributed by atoms with Crippen LogP contribution in [0.3, 0.4) is 0 Å². The molecule has 0 aromatic rings. The summed E-state index contributed by atoms with van der Waals surface area (Å²) in [6.07, 6.45) is 16.6. The first-order valence-corrected chi connectivity index (χ1v) is 14.3. The lowest BCUT2D eigenvalue weighted by Crippen LogP contribution is -2.37. The van der Waals surface area contributed by atoms with Crippen LogP contribution in [0, 0.1) is 11.8 Å². The summed E-state index contributed by atoms with van der Waals surface area (Å²) in [6.45, 7) is 5.11. The molecule has 4 aliphatic rings. The topological polar surface area (TPSA) is 90.2 Å². The number of rotatable bonds is 18. The third kappa shape index (κ3) is 9.01. The molecule has 0 spiro atoms. The van der Waals surface area contributed by atoms with Crippen molar-refractivity contribution in [1.29, 1.82) is 0 Å². The fraction of sp³-hybridized carbons (Fsp3) is 0.929. The van der Waals surface area contributed by atoms with E-state index in [0.29, 0.717) is 50.5 Å². The van der Waals surface area contributed by atoms with E-state index in [1.54, 1.807) is 0 Å². The first-order valence-electron chi connectivity index (χ1n) is 14.3. The van der Waals surface area contributed by atoms with Crippen molar-refractivity contribution < 1.29 is 33.3 Å².